The molecule has 0 saturated heterocycles. The van der Waals surface area contributed by atoms with E-state index in [1.54, 1.807) is 27.0 Å². The maximum Gasteiger partial charge on any atom is 0.407 e. The van der Waals surface area contributed by atoms with Crippen LogP contribution in [0.25, 0.3) is 0 Å². The van der Waals surface area contributed by atoms with Crippen molar-refractivity contribution >= 4 is 12.0 Å². The number of aliphatic hydroxyl groups excluding tert-OH is 1. The van der Waals surface area contributed by atoms with Gasteiger partial charge in [0.05, 0.1) is 30.3 Å². The number of hydrogen-bond donors (Lipinski definition) is 3. The van der Waals surface area contributed by atoms with Crippen LogP contribution in [0, 0.1) is 5.92 Å². The molecular weight excluding hydrogens is 442 g/mol. The molecule has 1 unspecified atom stereocenters. The minimum absolute atomic E-state index is 0.130. The predicted octanol–water partition coefficient (Wildman–Crippen LogP) is 4.95. The number of carbonyl (C=O) groups excluding carboxylic acids is 2. The van der Waals surface area contributed by atoms with Gasteiger partial charge in [-0.2, -0.15) is 0 Å². The van der Waals surface area contributed by atoms with E-state index in [1.165, 1.54) is 5.56 Å². The van der Waals surface area contributed by atoms with Crippen molar-refractivity contribution < 1.29 is 19.4 Å². The monoisotopic (exact) mass is 483 g/mol. The first-order valence-corrected chi connectivity index (χ1v) is 12.5. The molecule has 2 aromatic rings. The zero-order valence-electron chi connectivity index (χ0n) is 21.7. The van der Waals surface area contributed by atoms with Crippen LogP contribution in [-0.4, -0.2) is 39.8 Å². The number of aliphatic hydroxyl groups is 1. The maximum atomic E-state index is 12.9. The Morgan fingerprint density at radius 3 is 2.31 bits per heavy atom. The van der Waals surface area contributed by atoms with Gasteiger partial charge in [0.2, 0.25) is 5.91 Å². The number of pyridine rings is 1. The molecule has 0 spiro atoms. The summed E-state index contributed by atoms with van der Waals surface area (Å²) in [6.45, 7) is 9.34. The number of nitrogens with zero attached hydrogens (tertiary/aromatic N) is 1. The summed E-state index contributed by atoms with van der Waals surface area (Å²) >= 11 is 0. The van der Waals surface area contributed by atoms with Gasteiger partial charge in [-0.15, -0.1) is 0 Å². The van der Waals surface area contributed by atoms with Crippen LogP contribution in [0.4, 0.5) is 4.79 Å². The second-order valence-electron chi connectivity index (χ2n) is 10.4. The van der Waals surface area contributed by atoms with Crippen LogP contribution in [-0.2, 0) is 16.0 Å². The Hall–Kier alpha value is -2.93. The van der Waals surface area contributed by atoms with Gasteiger partial charge in [0.25, 0.3) is 0 Å². The van der Waals surface area contributed by atoms with Crippen LogP contribution < -0.4 is 10.6 Å². The number of nitrogens with one attached hydrogen (secondary N) is 2. The Labute approximate surface area is 209 Å². The van der Waals surface area contributed by atoms with Gasteiger partial charge in [-0.25, -0.2) is 4.79 Å². The highest BCUT2D eigenvalue weighted by Gasteiger charge is 2.28. The number of benzene rings is 1. The molecule has 35 heavy (non-hydrogen) atoms. The lowest BCUT2D eigenvalue weighted by molar-refractivity contribution is -0.124. The molecule has 192 valence electrons. The van der Waals surface area contributed by atoms with Crippen molar-refractivity contribution in [3.63, 3.8) is 0 Å². The molecule has 0 fully saturated rings. The quantitative estimate of drug-likeness (QED) is 0.396. The highest BCUT2D eigenvalue weighted by molar-refractivity contribution is 5.77. The lowest BCUT2D eigenvalue weighted by Crippen LogP contribution is -2.47. The van der Waals surface area contributed by atoms with Crippen LogP contribution in [0.2, 0.25) is 0 Å². The van der Waals surface area contributed by atoms with Crippen molar-refractivity contribution in [1.82, 2.24) is 15.6 Å². The minimum atomic E-state index is -1.04. The highest BCUT2D eigenvalue weighted by Crippen LogP contribution is 2.19. The lowest BCUT2D eigenvalue weighted by atomic mass is 9.96. The summed E-state index contributed by atoms with van der Waals surface area (Å²) in [6, 6.07) is 15.0. The second-order valence-corrected chi connectivity index (χ2v) is 10.4. The van der Waals surface area contributed by atoms with Gasteiger partial charge in [-0.05, 0) is 70.1 Å². The maximum absolute atomic E-state index is 12.9. The molecular formula is C28H41N3O4. The van der Waals surface area contributed by atoms with E-state index < -0.39 is 23.8 Å². The number of aryl methyl sites for hydroxylation is 1. The molecule has 0 aliphatic rings. The Morgan fingerprint density at radius 1 is 1.03 bits per heavy atom. The van der Waals surface area contributed by atoms with Crippen LogP contribution >= 0.6 is 0 Å². The van der Waals surface area contributed by atoms with Crippen molar-refractivity contribution in [2.45, 2.75) is 90.5 Å². The largest absolute Gasteiger partial charge is 0.444 e. The summed E-state index contributed by atoms with van der Waals surface area (Å²) in [5, 5.41) is 16.6. The molecule has 1 heterocycles. The number of amides is 2. The first kappa shape index (κ1) is 28.3. The third-order valence-electron chi connectivity index (χ3n) is 5.47. The van der Waals surface area contributed by atoms with Crippen molar-refractivity contribution in [3.05, 3.63) is 66.0 Å². The van der Waals surface area contributed by atoms with E-state index in [-0.39, 0.29) is 24.3 Å². The standard InChI is InChI=1S/C28H41N3O4/c1-20(2)18-24(31-27(34)35-28(3,4)5)25(32)19-26(33)30-23(22-15-9-10-17-29-22)16-11-14-21-12-7-6-8-13-21/h6-10,12-13,15,17,20,23-25,32H,11,14,16,18-19H2,1-5H3,(H,30,33)(H,31,34)/t23?,24-,25-/m0/s1. The topological polar surface area (TPSA) is 101 Å². The highest BCUT2D eigenvalue weighted by atomic mass is 16.6. The van der Waals surface area contributed by atoms with Gasteiger partial charge >= 0.3 is 6.09 Å². The molecule has 0 aliphatic carbocycles. The van der Waals surface area contributed by atoms with Crippen LogP contribution in [0.3, 0.4) is 0 Å². The van der Waals surface area contributed by atoms with Gasteiger partial charge in [-0.3, -0.25) is 9.78 Å². The van der Waals surface area contributed by atoms with Crippen LogP contribution in [0.5, 0.6) is 0 Å². The Balaban J connectivity index is 2.00. The van der Waals surface area contributed by atoms with E-state index in [9.17, 15) is 14.7 Å². The summed E-state index contributed by atoms with van der Waals surface area (Å²) in [7, 11) is 0. The average Bonchev–Trinajstić information content (AvgIpc) is 2.77. The average molecular weight is 484 g/mol. The fraction of sp³-hybridized carbons (Fsp3) is 0.536. The molecule has 3 N–H and O–H groups in total. The van der Waals surface area contributed by atoms with Gasteiger partial charge in [0, 0.05) is 6.20 Å². The van der Waals surface area contributed by atoms with Gasteiger partial charge < -0.3 is 20.5 Å². The fourth-order valence-corrected chi connectivity index (χ4v) is 3.90. The van der Waals surface area contributed by atoms with E-state index in [4.69, 9.17) is 4.74 Å². The van der Waals surface area contributed by atoms with Crippen LogP contribution in [0.15, 0.2) is 54.7 Å². The summed E-state index contributed by atoms with van der Waals surface area (Å²) in [6.07, 6.45) is 2.96. The molecule has 1 aromatic heterocycles. The number of hydrogen-bond acceptors (Lipinski definition) is 5. The Morgan fingerprint density at radius 2 is 1.71 bits per heavy atom. The zero-order chi connectivity index (χ0) is 25.8. The SMILES string of the molecule is CC(C)C[C@H](NC(=O)OC(C)(C)C)[C@@H](O)CC(=O)NC(CCCc1ccccc1)c1ccccn1. The number of aromatic nitrogens is 1. The summed E-state index contributed by atoms with van der Waals surface area (Å²) in [5.41, 5.74) is 1.39. The van der Waals surface area contributed by atoms with E-state index in [1.807, 2.05) is 50.2 Å². The number of rotatable bonds is 12. The Bertz CT molecular complexity index is 897. The number of carbonyl (C=O) groups is 2. The molecule has 0 bridgehead atoms. The molecule has 0 aliphatic heterocycles. The molecule has 0 radical (unpaired) electrons. The third kappa shape index (κ3) is 11.4. The fourth-order valence-electron chi connectivity index (χ4n) is 3.90. The van der Waals surface area contributed by atoms with Crippen molar-refractivity contribution in [2.24, 2.45) is 5.92 Å². The predicted molar refractivity (Wildman–Crippen MR) is 138 cm³/mol. The lowest BCUT2D eigenvalue weighted by Gasteiger charge is -2.28. The molecule has 7 heteroatoms. The summed E-state index contributed by atoms with van der Waals surface area (Å²) < 4.78 is 5.34. The number of ether oxygens (including phenoxy) is 1. The molecule has 2 rings (SSSR count). The molecule has 0 saturated carbocycles. The summed E-state index contributed by atoms with van der Waals surface area (Å²) in [4.78, 5) is 29.7. The molecule has 7 nitrogen and oxygen atoms in total. The van der Waals surface area contributed by atoms with Gasteiger partial charge in [0.15, 0.2) is 0 Å². The number of alkyl carbamates (subject to hydrolysis) is 1. The Kier molecular flexibility index (Phi) is 11.2. The van der Waals surface area contributed by atoms with Crippen LogP contribution in [0.1, 0.15) is 77.6 Å². The van der Waals surface area contributed by atoms with E-state index in [0.29, 0.717) is 6.42 Å². The second kappa shape index (κ2) is 13.8. The van der Waals surface area contributed by atoms with Crippen molar-refractivity contribution in [3.8, 4) is 0 Å². The normalized spacial score (nSPS) is 14.1. The first-order valence-electron chi connectivity index (χ1n) is 12.5. The van der Waals surface area contributed by atoms with E-state index >= 15 is 0 Å². The van der Waals surface area contributed by atoms with E-state index in [2.05, 4.69) is 27.8 Å². The molecule has 1 aromatic carbocycles. The van der Waals surface area contributed by atoms with Gasteiger partial charge in [-0.1, -0.05) is 50.2 Å². The smallest absolute Gasteiger partial charge is 0.407 e. The van der Waals surface area contributed by atoms with E-state index in [0.717, 1.165) is 25.0 Å². The van der Waals surface area contributed by atoms with Crippen molar-refractivity contribution in [2.75, 3.05) is 0 Å². The summed E-state index contributed by atoms with van der Waals surface area (Å²) in [5.74, 6) is -0.0699. The molecule has 2 amide bonds. The molecule has 3 atom stereocenters. The minimum Gasteiger partial charge on any atom is -0.444 e. The third-order valence-corrected chi connectivity index (χ3v) is 5.47. The van der Waals surface area contributed by atoms with Gasteiger partial charge in [0.1, 0.15) is 5.60 Å². The van der Waals surface area contributed by atoms with Crippen molar-refractivity contribution in [1.29, 1.82) is 0 Å². The zero-order valence-corrected chi connectivity index (χ0v) is 21.7. The first-order chi connectivity index (χ1) is 16.5.